The number of carbonyl (C=O) groups excluding carboxylic acids is 1. The standard InChI is InChI=1S/C20H27F3O3Si/c1-8-16(27(5,6)7)17(14(2)3)26-18(24)19(25-4,20(21,22)23)15-12-10-9-11-13-15/h9-14,17H,1H2,2-7H3/t17-,19?/m1/s1. The van der Waals surface area contributed by atoms with Crippen molar-refractivity contribution in [1.82, 2.24) is 0 Å². The van der Waals surface area contributed by atoms with Crippen LogP contribution in [0.1, 0.15) is 19.4 Å². The van der Waals surface area contributed by atoms with Crippen LogP contribution in [-0.2, 0) is 19.9 Å². The van der Waals surface area contributed by atoms with Gasteiger partial charge in [0.05, 0.1) is 8.07 Å². The van der Waals surface area contributed by atoms with Crippen molar-refractivity contribution in [2.45, 2.75) is 51.4 Å². The van der Waals surface area contributed by atoms with Crippen LogP contribution in [0.15, 0.2) is 47.8 Å². The summed E-state index contributed by atoms with van der Waals surface area (Å²) in [6, 6.07) is 6.79. The van der Waals surface area contributed by atoms with Gasteiger partial charge in [0.1, 0.15) is 6.10 Å². The van der Waals surface area contributed by atoms with E-state index >= 15 is 0 Å². The van der Waals surface area contributed by atoms with Gasteiger partial charge in [0.25, 0.3) is 5.60 Å². The molecule has 1 aromatic rings. The molecule has 0 aliphatic carbocycles. The first kappa shape index (κ1) is 23.2. The van der Waals surface area contributed by atoms with Gasteiger partial charge in [-0.1, -0.05) is 70.4 Å². The van der Waals surface area contributed by atoms with Gasteiger partial charge in [0.2, 0.25) is 0 Å². The molecule has 0 heterocycles. The number of halogens is 3. The minimum Gasteiger partial charge on any atom is -0.455 e. The summed E-state index contributed by atoms with van der Waals surface area (Å²) >= 11 is 0. The number of methoxy groups -OCH3 is 1. The maximum absolute atomic E-state index is 14.0. The van der Waals surface area contributed by atoms with Gasteiger partial charge in [-0.05, 0) is 11.1 Å². The Morgan fingerprint density at radius 3 is 2.00 bits per heavy atom. The summed E-state index contributed by atoms with van der Waals surface area (Å²) in [5, 5.41) is 0.658. The Bertz CT molecular complexity index is 701. The minimum atomic E-state index is -5.00. The monoisotopic (exact) mass is 400 g/mol. The van der Waals surface area contributed by atoms with Crippen molar-refractivity contribution in [2.24, 2.45) is 5.92 Å². The summed E-state index contributed by atoms with van der Waals surface area (Å²) in [5.41, 5.74) is -0.724. The van der Waals surface area contributed by atoms with Crippen molar-refractivity contribution in [3.05, 3.63) is 53.4 Å². The Balaban J connectivity index is 3.49. The van der Waals surface area contributed by atoms with Gasteiger partial charge in [0.15, 0.2) is 0 Å². The third kappa shape index (κ3) is 4.72. The highest BCUT2D eigenvalue weighted by atomic mass is 28.3. The van der Waals surface area contributed by atoms with Gasteiger partial charge in [-0.15, -0.1) is 5.73 Å². The fraction of sp³-hybridized carbons (Fsp3) is 0.500. The molecule has 150 valence electrons. The maximum atomic E-state index is 14.0. The van der Waals surface area contributed by atoms with Crippen molar-refractivity contribution >= 4 is 14.0 Å². The lowest BCUT2D eigenvalue weighted by Gasteiger charge is -2.36. The molecule has 0 amide bonds. The van der Waals surface area contributed by atoms with Crippen molar-refractivity contribution in [3.8, 4) is 0 Å². The first-order chi connectivity index (χ1) is 12.3. The molecule has 0 saturated carbocycles. The van der Waals surface area contributed by atoms with Crippen LogP contribution in [0, 0.1) is 5.92 Å². The number of rotatable bonds is 7. The Morgan fingerprint density at radius 1 is 1.15 bits per heavy atom. The third-order valence-corrected chi connectivity index (χ3v) is 6.37. The van der Waals surface area contributed by atoms with Gasteiger partial charge in [0, 0.05) is 12.7 Å². The normalized spacial score (nSPS) is 15.6. The van der Waals surface area contributed by atoms with E-state index in [1.807, 2.05) is 19.6 Å². The molecule has 2 atom stereocenters. The first-order valence-electron chi connectivity index (χ1n) is 8.61. The molecule has 27 heavy (non-hydrogen) atoms. The minimum absolute atomic E-state index is 0.247. The lowest BCUT2D eigenvalue weighted by Crippen LogP contribution is -2.53. The smallest absolute Gasteiger partial charge is 0.432 e. The number of benzene rings is 1. The molecule has 0 bridgehead atoms. The lowest BCUT2D eigenvalue weighted by molar-refractivity contribution is -0.278. The fourth-order valence-electron chi connectivity index (χ4n) is 2.91. The number of alkyl halides is 3. The molecule has 0 radical (unpaired) electrons. The Morgan fingerprint density at radius 2 is 1.67 bits per heavy atom. The highest BCUT2D eigenvalue weighted by Gasteiger charge is 2.64. The maximum Gasteiger partial charge on any atom is 0.432 e. The van der Waals surface area contributed by atoms with Crippen LogP contribution in [0.4, 0.5) is 13.2 Å². The number of hydrogen-bond donors (Lipinski definition) is 0. The summed E-state index contributed by atoms with van der Waals surface area (Å²) < 4.78 is 52.3. The van der Waals surface area contributed by atoms with Crippen molar-refractivity contribution in [1.29, 1.82) is 0 Å². The number of carbonyl (C=O) groups is 1. The van der Waals surface area contributed by atoms with Gasteiger partial charge < -0.3 is 9.47 Å². The highest BCUT2D eigenvalue weighted by molar-refractivity contribution is 6.83. The van der Waals surface area contributed by atoms with E-state index in [1.165, 1.54) is 24.3 Å². The molecule has 1 unspecified atom stereocenters. The van der Waals surface area contributed by atoms with Crippen LogP contribution in [0.25, 0.3) is 0 Å². The topological polar surface area (TPSA) is 35.5 Å². The molecule has 0 saturated heterocycles. The van der Waals surface area contributed by atoms with Gasteiger partial charge in [-0.2, -0.15) is 13.2 Å². The van der Waals surface area contributed by atoms with Crippen LogP contribution < -0.4 is 0 Å². The molecule has 7 heteroatoms. The van der Waals surface area contributed by atoms with Gasteiger partial charge in [-0.25, -0.2) is 4.79 Å². The predicted octanol–water partition coefficient (Wildman–Crippen LogP) is 5.25. The van der Waals surface area contributed by atoms with Crippen LogP contribution >= 0.6 is 0 Å². The van der Waals surface area contributed by atoms with Gasteiger partial charge in [-0.3, -0.25) is 0 Å². The van der Waals surface area contributed by atoms with E-state index in [4.69, 9.17) is 9.47 Å². The zero-order valence-electron chi connectivity index (χ0n) is 16.6. The average Bonchev–Trinajstić information content (AvgIpc) is 2.54. The van der Waals surface area contributed by atoms with Crippen LogP contribution in [-0.4, -0.2) is 33.4 Å². The second kappa shape index (κ2) is 8.46. The Kier molecular flexibility index (Phi) is 7.28. The average molecular weight is 401 g/mol. The largest absolute Gasteiger partial charge is 0.455 e. The highest BCUT2D eigenvalue weighted by Crippen LogP contribution is 2.43. The number of ether oxygens (including phenoxy) is 2. The molecule has 0 spiro atoms. The Hall–Kier alpha value is -1.82. The Labute approximate surface area is 159 Å². The molecular formula is C20H27F3O3Si. The van der Waals surface area contributed by atoms with Crippen molar-refractivity contribution in [3.63, 3.8) is 0 Å². The zero-order chi connectivity index (χ0) is 21.0. The van der Waals surface area contributed by atoms with E-state index in [0.29, 0.717) is 5.20 Å². The number of esters is 1. The van der Waals surface area contributed by atoms with E-state index in [0.717, 1.165) is 7.11 Å². The summed E-state index contributed by atoms with van der Waals surface area (Å²) in [6.07, 6.45) is -5.86. The summed E-state index contributed by atoms with van der Waals surface area (Å²) in [5.74, 6) is -1.74. The van der Waals surface area contributed by atoms with Crippen LogP contribution in [0.3, 0.4) is 0 Å². The molecule has 1 aromatic carbocycles. The quantitative estimate of drug-likeness (QED) is 0.356. The van der Waals surface area contributed by atoms with Crippen molar-refractivity contribution in [2.75, 3.05) is 7.11 Å². The molecule has 3 nitrogen and oxygen atoms in total. The third-order valence-electron chi connectivity index (χ3n) is 4.30. The molecular weight excluding hydrogens is 373 g/mol. The summed E-state index contributed by atoms with van der Waals surface area (Å²) in [7, 11) is -1.17. The van der Waals surface area contributed by atoms with Crippen molar-refractivity contribution < 1.29 is 27.4 Å². The van der Waals surface area contributed by atoms with E-state index in [1.54, 1.807) is 19.9 Å². The van der Waals surface area contributed by atoms with Gasteiger partial charge >= 0.3 is 12.1 Å². The molecule has 0 aromatic heterocycles. The summed E-state index contributed by atoms with van der Waals surface area (Å²) in [4.78, 5) is 12.9. The predicted molar refractivity (Wildman–Crippen MR) is 102 cm³/mol. The molecule has 0 N–H and O–H groups in total. The number of hydrogen-bond acceptors (Lipinski definition) is 3. The van der Waals surface area contributed by atoms with Crippen LogP contribution in [0.5, 0.6) is 0 Å². The van der Waals surface area contributed by atoms with E-state index in [9.17, 15) is 18.0 Å². The lowest BCUT2D eigenvalue weighted by atomic mass is 9.92. The fourth-order valence-corrected chi connectivity index (χ4v) is 4.68. The second-order valence-electron chi connectivity index (χ2n) is 7.66. The first-order valence-corrected chi connectivity index (χ1v) is 12.1. The second-order valence-corrected chi connectivity index (χ2v) is 12.7. The van der Waals surface area contributed by atoms with E-state index < -0.39 is 31.9 Å². The zero-order valence-corrected chi connectivity index (χ0v) is 17.6. The molecule has 0 fully saturated rings. The SMILES string of the molecule is C=C=C([C@H](OC(=O)C(OC)(c1ccccc1)C(F)(F)F)C(C)C)[Si](C)(C)C. The molecule has 0 aliphatic heterocycles. The molecule has 0 aliphatic rings. The summed E-state index contributed by atoms with van der Waals surface area (Å²) in [6.45, 7) is 13.2. The molecule has 1 rings (SSSR count). The van der Waals surface area contributed by atoms with E-state index in [-0.39, 0.29) is 11.5 Å². The van der Waals surface area contributed by atoms with E-state index in [2.05, 4.69) is 12.3 Å². The van der Waals surface area contributed by atoms with Crippen LogP contribution in [0.2, 0.25) is 19.6 Å².